The average molecular weight is 282 g/mol. The molecule has 1 saturated carbocycles. The van der Waals surface area contributed by atoms with Crippen molar-refractivity contribution in [2.75, 3.05) is 18.9 Å². The molecule has 1 fully saturated rings. The van der Waals surface area contributed by atoms with Crippen LogP contribution in [-0.4, -0.2) is 35.4 Å². The zero-order valence-electron chi connectivity index (χ0n) is 11.6. The molecule has 19 heavy (non-hydrogen) atoms. The second kappa shape index (κ2) is 5.78. The summed E-state index contributed by atoms with van der Waals surface area (Å²) in [6.45, 7) is 4.98. The molecule has 1 N–H and O–H groups in total. The van der Waals surface area contributed by atoms with E-state index in [0.717, 1.165) is 19.4 Å². The number of rotatable bonds is 5. The maximum atomic E-state index is 12.6. The minimum atomic E-state index is -0.0571. The largest absolute Gasteiger partial charge is 0.373 e. The van der Waals surface area contributed by atoms with Gasteiger partial charge in [-0.15, -0.1) is 0 Å². The van der Waals surface area contributed by atoms with E-state index in [1.165, 1.54) is 0 Å². The second-order valence-electron chi connectivity index (χ2n) is 5.36. The first-order chi connectivity index (χ1) is 9.02. The number of halogens is 1. The van der Waals surface area contributed by atoms with Gasteiger partial charge in [0.25, 0.3) is 5.91 Å². The van der Waals surface area contributed by atoms with Gasteiger partial charge >= 0.3 is 0 Å². The Morgan fingerprint density at radius 2 is 2.21 bits per heavy atom. The van der Waals surface area contributed by atoms with Crippen molar-refractivity contribution < 1.29 is 4.79 Å². The van der Waals surface area contributed by atoms with E-state index in [2.05, 4.69) is 24.1 Å². The number of carbonyl (C=O) groups excluding carboxylic acids is 1. The Balaban J connectivity index is 2.25. The third-order valence-electron chi connectivity index (χ3n) is 3.12. The van der Waals surface area contributed by atoms with Crippen molar-refractivity contribution in [2.45, 2.75) is 32.7 Å². The van der Waals surface area contributed by atoms with Gasteiger partial charge in [-0.1, -0.05) is 25.4 Å². The van der Waals surface area contributed by atoms with Gasteiger partial charge in [-0.25, -0.2) is 4.98 Å². The lowest BCUT2D eigenvalue weighted by Crippen LogP contribution is -2.36. The van der Waals surface area contributed by atoms with Crippen molar-refractivity contribution >= 4 is 23.3 Å². The molecule has 104 valence electrons. The van der Waals surface area contributed by atoms with E-state index in [9.17, 15) is 4.79 Å². The molecule has 1 aromatic rings. The Hall–Kier alpha value is -1.29. The molecule has 0 bridgehead atoms. The quantitative estimate of drug-likeness (QED) is 0.902. The molecular formula is C14H20ClN3O. The van der Waals surface area contributed by atoms with Gasteiger partial charge in [-0.2, -0.15) is 0 Å². The molecule has 0 radical (unpaired) electrons. The molecular weight excluding hydrogens is 262 g/mol. The van der Waals surface area contributed by atoms with Gasteiger partial charge in [0.15, 0.2) is 0 Å². The topological polar surface area (TPSA) is 45.2 Å². The zero-order valence-corrected chi connectivity index (χ0v) is 12.4. The normalized spacial score (nSPS) is 14.6. The van der Waals surface area contributed by atoms with Gasteiger partial charge in [-0.05, 0) is 30.9 Å². The number of amides is 1. The summed E-state index contributed by atoms with van der Waals surface area (Å²) in [5.74, 6) is 1.04. The van der Waals surface area contributed by atoms with Gasteiger partial charge in [0.05, 0.1) is 5.02 Å². The highest BCUT2D eigenvalue weighted by Gasteiger charge is 2.34. The van der Waals surface area contributed by atoms with Gasteiger partial charge in [-0.3, -0.25) is 4.79 Å². The zero-order chi connectivity index (χ0) is 14.0. The number of hydrogen-bond acceptors (Lipinski definition) is 3. The van der Waals surface area contributed by atoms with Crippen LogP contribution in [0.3, 0.4) is 0 Å². The van der Waals surface area contributed by atoms with Crippen molar-refractivity contribution in [1.29, 1.82) is 0 Å². The molecule has 0 aliphatic heterocycles. The molecule has 0 unspecified atom stereocenters. The van der Waals surface area contributed by atoms with Crippen molar-refractivity contribution in [3.63, 3.8) is 0 Å². The van der Waals surface area contributed by atoms with Gasteiger partial charge < -0.3 is 10.2 Å². The summed E-state index contributed by atoms with van der Waals surface area (Å²) in [5, 5.41) is 3.35. The monoisotopic (exact) mass is 281 g/mol. The first-order valence-corrected chi connectivity index (χ1v) is 7.06. The van der Waals surface area contributed by atoms with Crippen LogP contribution in [-0.2, 0) is 0 Å². The standard InChI is InChI=1S/C14H20ClN3O/c1-9(2)8-18(10-4-5-10)14(19)13-11(15)6-7-12(16-3)17-13/h6-7,9-10H,4-5,8H2,1-3H3,(H,16,17). The summed E-state index contributed by atoms with van der Waals surface area (Å²) in [6, 6.07) is 3.85. The van der Waals surface area contributed by atoms with Gasteiger partial charge in [0.2, 0.25) is 0 Å². The van der Waals surface area contributed by atoms with Crippen LogP contribution >= 0.6 is 11.6 Å². The van der Waals surface area contributed by atoms with E-state index in [0.29, 0.717) is 28.5 Å². The Bertz CT molecular complexity index is 472. The molecule has 0 saturated heterocycles. The molecule has 2 rings (SSSR count). The Morgan fingerprint density at radius 1 is 1.53 bits per heavy atom. The molecule has 0 aromatic carbocycles. The van der Waals surface area contributed by atoms with Crippen LogP contribution in [0.5, 0.6) is 0 Å². The predicted octanol–water partition coefficient (Wildman–Crippen LogP) is 3.04. The number of hydrogen-bond donors (Lipinski definition) is 1. The molecule has 1 heterocycles. The highest BCUT2D eigenvalue weighted by molar-refractivity contribution is 6.33. The maximum Gasteiger partial charge on any atom is 0.274 e. The lowest BCUT2D eigenvalue weighted by atomic mass is 10.2. The number of carbonyl (C=O) groups is 1. The predicted molar refractivity (Wildman–Crippen MR) is 77.7 cm³/mol. The van der Waals surface area contributed by atoms with Crippen molar-refractivity contribution in [2.24, 2.45) is 5.92 Å². The number of nitrogens with zero attached hydrogens (tertiary/aromatic N) is 2. The lowest BCUT2D eigenvalue weighted by Gasteiger charge is -2.24. The van der Waals surface area contributed by atoms with E-state index in [-0.39, 0.29) is 5.91 Å². The molecule has 1 aliphatic carbocycles. The van der Waals surface area contributed by atoms with Crippen LogP contribution < -0.4 is 5.32 Å². The minimum Gasteiger partial charge on any atom is -0.373 e. The number of nitrogens with one attached hydrogen (secondary N) is 1. The molecule has 1 aromatic heterocycles. The highest BCUT2D eigenvalue weighted by Crippen LogP contribution is 2.30. The van der Waals surface area contributed by atoms with Crippen molar-refractivity contribution in [3.8, 4) is 0 Å². The van der Waals surface area contributed by atoms with Crippen LogP contribution in [0.4, 0.5) is 5.82 Å². The Kier molecular flexibility index (Phi) is 4.30. The lowest BCUT2D eigenvalue weighted by molar-refractivity contribution is 0.0717. The smallest absolute Gasteiger partial charge is 0.274 e. The third kappa shape index (κ3) is 3.38. The minimum absolute atomic E-state index is 0.0571. The first-order valence-electron chi connectivity index (χ1n) is 6.68. The Morgan fingerprint density at radius 3 is 2.74 bits per heavy atom. The van der Waals surface area contributed by atoms with Crippen LogP contribution in [0.25, 0.3) is 0 Å². The first kappa shape index (κ1) is 14.1. The van der Waals surface area contributed by atoms with Crippen LogP contribution in [0, 0.1) is 5.92 Å². The maximum absolute atomic E-state index is 12.6. The highest BCUT2D eigenvalue weighted by atomic mass is 35.5. The molecule has 1 aliphatic rings. The van der Waals surface area contributed by atoms with Crippen LogP contribution in [0.15, 0.2) is 12.1 Å². The van der Waals surface area contributed by atoms with E-state index in [1.807, 2.05) is 4.90 Å². The SMILES string of the molecule is CNc1ccc(Cl)c(C(=O)N(CC(C)C)C2CC2)n1. The van der Waals surface area contributed by atoms with E-state index >= 15 is 0 Å². The molecule has 0 atom stereocenters. The van der Waals surface area contributed by atoms with Gasteiger partial charge in [0.1, 0.15) is 11.5 Å². The van der Waals surface area contributed by atoms with E-state index < -0.39 is 0 Å². The summed E-state index contributed by atoms with van der Waals surface area (Å²) in [7, 11) is 1.78. The second-order valence-corrected chi connectivity index (χ2v) is 5.77. The molecule has 5 heteroatoms. The third-order valence-corrected chi connectivity index (χ3v) is 3.42. The molecule has 4 nitrogen and oxygen atoms in total. The van der Waals surface area contributed by atoms with Crippen LogP contribution in [0.2, 0.25) is 5.02 Å². The summed E-state index contributed by atoms with van der Waals surface area (Å²) in [5.41, 5.74) is 0.348. The molecule has 0 spiro atoms. The van der Waals surface area contributed by atoms with E-state index in [1.54, 1.807) is 19.2 Å². The average Bonchev–Trinajstić information content (AvgIpc) is 3.20. The fraction of sp³-hybridized carbons (Fsp3) is 0.571. The number of aromatic nitrogens is 1. The fourth-order valence-electron chi connectivity index (χ4n) is 2.04. The van der Waals surface area contributed by atoms with Crippen molar-refractivity contribution in [3.05, 3.63) is 22.8 Å². The summed E-state index contributed by atoms with van der Waals surface area (Å²) < 4.78 is 0. The fourth-order valence-corrected chi connectivity index (χ4v) is 2.23. The number of pyridine rings is 1. The molecule has 1 amide bonds. The van der Waals surface area contributed by atoms with Crippen LogP contribution in [0.1, 0.15) is 37.2 Å². The Labute approximate surface area is 119 Å². The number of anilines is 1. The summed E-state index contributed by atoms with van der Waals surface area (Å²) in [6.07, 6.45) is 2.17. The van der Waals surface area contributed by atoms with Gasteiger partial charge in [0, 0.05) is 19.6 Å². The van der Waals surface area contributed by atoms with E-state index in [4.69, 9.17) is 11.6 Å². The van der Waals surface area contributed by atoms with Crippen molar-refractivity contribution in [1.82, 2.24) is 9.88 Å². The summed E-state index contributed by atoms with van der Waals surface area (Å²) >= 11 is 6.12. The summed E-state index contributed by atoms with van der Waals surface area (Å²) in [4.78, 5) is 18.8.